The van der Waals surface area contributed by atoms with Gasteiger partial charge in [0.15, 0.2) is 0 Å². The van der Waals surface area contributed by atoms with Crippen LogP contribution in [0.4, 0.5) is 0 Å². The molecule has 0 aliphatic carbocycles. The molecule has 0 aliphatic rings. The molecule has 1 aromatic rings. The fraction of sp³-hybridized carbons (Fsp3) is 0.571. The summed E-state index contributed by atoms with van der Waals surface area (Å²) in [6.07, 6.45) is 0. The Balaban J connectivity index is 2.49. The second-order valence-electron chi connectivity index (χ2n) is 4.99. The van der Waals surface area contributed by atoms with Gasteiger partial charge in [-0.15, -0.1) is 0 Å². The molecule has 1 aromatic carbocycles. The fourth-order valence-electron chi connectivity index (χ4n) is 2.00. The van der Waals surface area contributed by atoms with Gasteiger partial charge in [-0.3, -0.25) is 0 Å². The third kappa shape index (κ3) is 5.72. The lowest BCUT2D eigenvalue weighted by molar-refractivity contribution is 0.467. The van der Waals surface area contributed by atoms with E-state index in [9.17, 15) is 8.42 Å². The highest BCUT2D eigenvalue weighted by Gasteiger charge is 2.15. The van der Waals surface area contributed by atoms with Crippen LogP contribution in [0.15, 0.2) is 30.3 Å². The van der Waals surface area contributed by atoms with Gasteiger partial charge in [-0.1, -0.05) is 44.2 Å². The molecule has 0 bridgehead atoms. The number of hydrogen-bond acceptors (Lipinski definition) is 3. The first-order valence-electron chi connectivity index (χ1n) is 6.63. The van der Waals surface area contributed by atoms with Crippen molar-refractivity contribution in [2.24, 2.45) is 5.92 Å². The van der Waals surface area contributed by atoms with E-state index >= 15 is 0 Å². The standard InChI is InChI=1S/C14H24N2O2S/c1-12(2)14(13-7-5-4-6-8-13)11-16-9-10-19(17,18)15-3/h4-8,12,14-16H,9-11H2,1-3H3. The van der Waals surface area contributed by atoms with E-state index < -0.39 is 10.0 Å². The normalized spacial score (nSPS) is 13.7. The van der Waals surface area contributed by atoms with Gasteiger partial charge in [0.05, 0.1) is 5.75 Å². The van der Waals surface area contributed by atoms with Crippen molar-refractivity contribution >= 4 is 10.0 Å². The summed E-state index contributed by atoms with van der Waals surface area (Å²) in [5.74, 6) is 1.03. The van der Waals surface area contributed by atoms with Crippen LogP contribution in [0.25, 0.3) is 0 Å². The SMILES string of the molecule is CNS(=O)(=O)CCNCC(c1ccccc1)C(C)C. The summed E-state index contributed by atoms with van der Waals surface area (Å²) in [4.78, 5) is 0. The zero-order valence-electron chi connectivity index (χ0n) is 11.9. The van der Waals surface area contributed by atoms with Gasteiger partial charge < -0.3 is 5.32 Å². The van der Waals surface area contributed by atoms with Gasteiger partial charge in [-0.25, -0.2) is 13.1 Å². The highest BCUT2D eigenvalue weighted by atomic mass is 32.2. The highest BCUT2D eigenvalue weighted by molar-refractivity contribution is 7.89. The van der Waals surface area contributed by atoms with E-state index in [0.717, 1.165) is 6.54 Å². The molecule has 0 aromatic heterocycles. The Labute approximate surface area is 116 Å². The monoisotopic (exact) mass is 284 g/mol. The largest absolute Gasteiger partial charge is 0.315 e. The number of sulfonamides is 1. The van der Waals surface area contributed by atoms with E-state index in [1.807, 2.05) is 18.2 Å². The number of hydrogen-bond donors (Lipinski definition) is 2. The van der Waals surface area contributed by atoms with Crippen molar-refractivity contribution in [3.8, 4) is 0 Å². The van der Waals surface area contributed by atoms with Crippen molar-refractivity contribution in [2.45, 2.75) is 19.8 Å². The maximum atomic E-state index is 11.3. The van der Waals surface area contributed by atoms with E-state index in [1.165, 1.54) is 12.6 Å². The van der Waals surface area contributed by atoms with Crippen LogP contribution in [0.5, 0.6) is 0 Å². The molecule has 0 fully saturated rings. The minimum atomic E-state index is -3.11. The Morgan fingerprint density at radius 1 is 1.16 bits per heavy atom. The lowest BCUT2D eigenvalue weighted by Crippen LogP contribution is -2.32. The number of nitrogens with one attached hydrogen (secondary N) is 2. The van der Waals surface area contributed by atoms with Crippen LogP contribution < -0.4 is 10.0 Å². The average molecular weight is 284 g/mol. The van der Waals surface area contributed by atoms with Crippen LogP contribution in [0.3, 0.4) is 0 Å². The molecule has 1 rings (SSSR count). The molecule has 0 spiro atoms. The van der Waals surface area contributed by atoms with E-state index in [-0.39, 0.29) is 5.75 Å². The van der Waals surface area contributed by atoms with Crippen molar-refractivity contribution in [2.75, 3.05) is 25.9 Å². The van der Waals surface area contributed by atoms with Crippen molar-refractivity contribution < 1.29 is 8.42 Å². The number of benzene rings is 1. The van der Waals surface area contributed by atoms with E-state index in [0.29, 0.717) is 18.4 Å². The predicted octanol–water partition coefficient (Wildman–Crippen LogP) is 1.57. The smallest absolute Gasteiger partial charge is 0.212 e. The zero-order valence-corrected chi connectivity index (χ0v) is 12.7. The van der Waals surface area contributed by atoms with Crippen molar-refractivity contribution in [3.05, 3.63) is 35.9 Å². The third-order valence-corrected chi connectivity index (χ3v) is 4.62. The topological polar surface area (TPSA) is 58.2 Å². The molecule has 108 valence electrons. The van der Waals surface area contributed by atoms with Gasteiger partial charge in [-0.05, 0) is 24.4 Å². The molecule has 0 saturated heterocycles. The van der Waals surface area contributed by atoms with E-state index in [4.69, 9.17) is 0 Å². The van der Waals surface area contributed by atoms with Crippen LogP contribution in [0.2, 0.25) is 0 Å². The van der Waals surface area contributed by atoms with Crippen molar-refractivity contribution in [1.82, 2.24) is 10.0 Å². The molecule has 0 radical (unpaired) electrons. The molecule has 5 heteroatoms. The minimum absolute atomic E-state index is 0.114. The maximum Gasteiger partial charge on any atom is 0.212 e. The van der Waals surface area contributed by atoms with Crippen LogP contribution in [-0.2, 0) is 10.0 Å². The summed E-state index contributed by atoms with van der Waals surface area (Å²) in [6, 6.07) is 10.3. The van der Waals surface area contributed by atoms with E-state index in [1.54, 1.807) is 0 Å². The lowest BCUT2D eigenvalue weighted by atomic mass is 9.88. The van der Waals surface area contributed by atoms with Crippen molar-refractivity contribution in [3.63, 3.8) is 0 Å². The Kier molecular flexibility index (Phi) is 6.48. The van der Waals surface area contributed by atoms with Crippen molar-refractivity contribution in [1.29, 1.82) is 0 Å². The first-order valence-corrected chi connectivity index (χ1v) is 8.28. The van der Waals surface area contributed by atoms with E-state index in [2.05, 4.69) is 36.0 Å². The second kappa shape index (κ2) is 7.62. The Morgan fingerprint density at radius 2 is 1.79 bits per heavy atom. The summed E-state index contributed by atoms with van der Waals surface area (Å²) >= 11 is 0. The van der Waals surface area contributed by atoms with Gasteiger partial charge in [0.25, 0.3) is 0 Å². The molecule has 19 heavy (non-hydrogen) atoms. The molecule has 4 nitrogen and oxygen atoms in total. The zero-order chi connectivity index (χ0) is 14.3. The first-order chi connectivity index (χ1) is 8.96. The van der Waals surface area contributed by atoms with Gasteiger partial charge in [-0.2, -0.15) is 0 Å². The van der Waals surface area contributed by atoms with Gasteiger partial charge in [0, 0.05) is 13.1 Å². The van der Waals surface area contributed by atoms with Crippen LogP contribution in [0, 0.1) is 5.92 Å². The first kappa shape index (κ1) is 16.1. The lowest BCUT2D eigenvalue weighted by Gasteiger charge is -2.22. The molecule has 0 aliphatic heterocycles. The third-order valence-electron chi connectivity index (χ3n) is 3.26. The quantitative estimate of drug-likeness (QED) is 0.712. The summed E-state index contributed by atoms with van der Waals surface area (Å²) in [5, 5.41) is 3.24. The second-order valence-corrected chi connectivity index (χ2v) is 7.03. The molecule has 1 unspecified atom stereocenters. The maximum absolute atomic E-state index is 11.3. The van der Waals surface area contributed by atoms with Gasteiger partial charge >= 0.3 is 0 Å². The van der Waals surface area contributed by atoms with Gasteiger partial charge in [0.1, 0.15) is 0 Å². The molecular formula is C14H24N2O2S. The molecule has 2 N–H and O–H groups in total. The van der Waals surface area contributed by atoms with Crippen LogP contribution in [0.1, 0.15) is 25.3 Å². The fourth-order valence-corrected chi connectivity index (χ4v) is 2.62. The molecule has 0 saturated carbocycles. The molecule has 0 amide bonds. The molecule has 1 atom stereocenters. The Bertz CT molecular complexity index is 458. The summed E-state index contributed by atoms with van der Waals surface area (Å²) < 4.78 is 24.9. The van der Waals surface area contributed by atoms with Crippen LogP contribution >= 0.6 is 0 Å². The average Bonchev–Trinajstić information content (AvgIpc) is 2.39. The number of rotatable bonds is 8. The van der Waals surface area contributed by atoms with Gasteiger partial charge in [0.2, 0.25) is 10.0 Å². The Morgan fingerprint density at radius 3 is 2.32 bits per heavy atom. The molecule has 0 heterocycles. The van der Waals surface area contributed by atoms with Crippen LogP contribution in [-0.4, -0.2) is 34.3 Å². The Hall–Kier alpha value is -0.910. The molecular weight excluding hydrogens is 260 g/mol. The predicted molar refractivity (Wildman–Crippen MR) is 79.7 cm³/mol. The summed E-state index contributed by atoms with van der Waals surface area (Å²) in [7, 11) is -1.67. The summed E-state index contributed by atoms with van der Waals surface area (Å²) in [6.45, 7) is 5.63. The highest BCUT2D eigenvalue weighted by Crippen LogP contribution is 2.23. The minimum Gasteiger partial charge on any atom is -0.315 e. The summed E-state index contributed by atoms with van der Waals surface area (Å²) in [5.41, 5.74) is 1.29.